The van der Waals surface area contributed by atoms with Crippen LogP contribution in [-0.4, -0.2) is 75.7 Å². The van der Waals surface area contributed by atoms with Crippen LogP contribution in [-0.2, 0) is 0 Å². The van der Waals surface area contributed by atoms with Crippen molar-refractivity contribution in [3.05, 3.63) is 29.8 Å². The van der Waals surface area contributed by atoms with E-state index in [2.05, 4.69) is 49.7 Å². The molecule has 1 unspecified atom stereocenters. The molecule has 0 amide bonds. The third-order valence-corrected chi connectivity index (χ3v) is 6.41. The van der Waals surface area contributed by atoms with Crippen LogP contribution in [0, 0.1) is 0 Å². The maximum Gasteiger partial charge on any atom is 0.191 e. The van der Waals surface area contributed by atoms with Gasteiger partial charge in [-0.15, -0.1) is 24.0 Å². The van der Waals surface area contributed by atoms with E-state index < -0.39 is 0 Å². The fourth-order valence-corrected chi connectivity index (χ4v) is 4.60. The minimum Gasteiger partial charge on any atom is -0.497 e. The molecule has 0 aromatic heterocycles. The van der Waals surface area contributed by atoms with Gasteiger partial charge in [0.1, 0.15) is 5.75 Å². The monoisotopic (exact) mass is 543 g/mol. The highest BCUT2D eigenvalue weighted by atomic mass is 127. The quantitative estimate of drug-likeness (QED) is 0.203. The zero-order valence-electron chi connectivity index (χ0n) is 19.4. The summed E-state index contributed by atoms with van der Waals surface area (Å²) >= 11 is 0. The van der Waals surface area contributed by atoms with Crippen LogP contribution in [0.2, 0.25) is 0 Å². The fraction of sp³-hybridized carbons (Fsp3) is 0.708. The van der Waals surface area contributed by atoms with Gasteiger partial charge in [0.05, 0.1) is 13.2 Å². The molecule has 2 heterocycles. The molecule has 2 aliphatic heterocycles. The lowest BCUT2D eigenvalue weighted by atomic mass is 10.0. The number of rotatable bonds is 10. The normalized spacial score (nSPS) is 19.0. The lowest BCUT2D eigenvalue weighted by molar-refractivity contribution is 0.164. The fourth-order valence-electron chi connectivity index (χ4n) is 4.60. The van der Waals surface area contributed by atoms with E-state index in [-0.39, 0.29) is 24.0 Å². The van der Waals surface area contributed by atoms with Crippen LogP contribution in [0.1, 0.15) is 56.6 Å². The van der Waals surface area contributed by atoms with Crippen molar-refractivity contribution < 1.29 is 4.74 Å². The lowest BCUT2D eigenvalue weighted by Gasteiger charge is -2.35. The van der Waals surface area contributed by atoms with Crippen LogP contribution in [0.3, 0.4) is 0 Å². The van der Waals surface area contributed by atoms with Gasteiger partial charge in [-0.05, 0) is 88.9 Å². The number of ether oxygens (including phenoxy) is 1. The summed E-state index contributed by atoms with van der Waals surface area (Å²) in [5.74, 6) is 1.82. The second-order valence-corrected chi connectivity index (χ2v) is 8.52. The predicted octanol–water partition coefficient (Wildman–Crippen LogP) is 3.88. The Balaban J connectivity index is 0.00000341. The summed E-state index contributed by atoms with van der Waals surface area (Å²) in [5.41, 5.74) is 1.34. The molecule has 31 heavy (non-hydrogen) atoms. The maximum absolute atomic E-state index is 5.35. The molecule has 176 valence electrons. The number of halogens is 1. The van der Waals surface area contributed by atoms with E-state index in [0.717, 1.165) is 24.8 Å². The first-order valence-corrected chi connectivity index (χ1v) is 11.8. The van der Waals surface area contributed by atoms with Gasteiger partial charge in [0.15, 0.2) is 5.96 Å². The van der Waals surface area contributed by atoms with Gasteiger partial charge >= 0.3 is 0 Å². The van der Waals surface area contributed by atoms with Gasteiger partial charge in [0, 0.05) is 20.1 Å². The minimum atomic E-state index is 0. The molecule has 0 spiro atoms. The molecule has 1 aromatic carbocycles. The molecule has 3 rings (SSSR count). The summed E-state index contributed by atoms with van der Waals surface area (Å²) in [6.45, 7) is 7.99. The predicted molar refractivity (Wildman–Crippen MR) is 141 cm³/mol. The zero-order chi connectivity index (χ0) is 21.0. The summed E-state index contributed by atoms with van der Waals surface area (Å²) < 4.78 is 5.35. The van der Waals surface area contributed by atoms with E-state index in [1.165, 1.54) is 83.2 Å². The Labute approximate surface area is 206 Å². The Kier molecular flexibility index (Phi) is 12.6. The highest BCUT2D eigenvalue weighted by Gasteiger charge is 2.22. The van der Waals surface area contributed by atoms with Gasteiger partial charge in [0.25, 0.3) is 0 Å². The smallest absolute Gasteiger partial charge is 0.191 e. The molecule has 7 heteroatoms. The summed E-state index contributed by atoms with van der Waals surface area (Å²) in [5, 5.41) is 7.09. The van der Waals surface area contributed by atoms with Crippen LogP contribution >= 0.6 is 24.0 Å². The summed E-state index contributed by atoms with van der Waals surface area (Å²) in [7, 11) is 3.59. The number of methoxy groups -OCH3 is 1. The number of aliphatic imine (C=N–C) groups is 1. The highest BCUT2D eigenvalue weighted by molar-refractivity contribution is 14.0. The first kappa shape index (κ1) is 26.2. The van der Waals surface area contributed by atoms with Crippen LogP contribution in [0.15, 0.2) is 29.3 Å². The molecular weight excluding hydrogens is 501 g/mol. The van der Waals surface area contributed by atoms with Crippen molar-refractivity contribution in [1.82, 2.24) is 20.4 Å². The number of hydrogen-bond donors (Lipinski definition) is 2. The summed E-state index contributed by atoms with van der Waals surface area (Å²) in [4.78, 5) is 9.65. The molecule has 2 fully saturated rings. The second kappa shape index (κ2) is 14.9. The van der Waals surface area contributed by atoms with Crippen molar-refractivity contribution in [2.45, 2.75) is 51.0 Å². The average Bonchev–Trinajstić information content (AvgIpc) is 3.32. The van der Waals surface area contributed by atoms with Crippen molar-refractivity contribution in [2.24, 2.45) is 4.99 Å². The van der Waals surface area contributed by atoms with E-state index >= 15 is 0 Å². The summed E-state index contributed by atoms with van der Waals surface area (Å²) in [6.07, 6.45) is 9.12. The molecule has 0 aliphatic carbocycles. The number of likely N-dealkylation sites (tertiary alicyclic amines) is 2. The SMILES string of the molecule is CN=C(NCCCCN1CCCC1)NCC(c1ccc(OC)cc1)N1CCCCC1.I. The Bertz CT molecular complexity index is 627. The molecule has 0 bridgehead atoms. The van der Waals surface area contributed by atoms with Crippen molar-refractivity contribution in [2.75, 3.05) is 60.0 Å². The molecular formula is C24H42IN5O. The van der Waals surface area contributed by atoms with Gasteiger partial charge in [-0.1, -0.05) is 18.6 Å². The number of hydrogen-bond acceptors (Lipinski definition) is 4. The minimum absolute atomic E-state index is 0. The van der Waals surface area contributed by atoms with Crippen LogP contribution in [0.25, 0.3) is 0 Å². The van der Waals surface area contributed by atoms with Crippen LogP contribution in [0.5, 0.6) is 5.75 Å². The third kappa shape index (κ3) is 8.77. The van der Waals surface area contributed by atoms with Crippen molar-refractivity contribution >= 4 is 29.9 Å². The largest absolute Gasteiger partial charge is 0.497 e. The molecule has 2 aliphatic rings. The Morgan fingerprint density at radius 2 is 1.65 bits per heavy atom. The number of guanidine groups is 1. The molecule has 2 saturated heterocycles. The third-order valence-electron chi connectivity index (χ3n) is 6.41. The first-order valence-electron chi connectivity index (χ1n) is 11.8. The Morgan fingerprint density at radius 1 is 0.968 bits per heavy atom. The molecule has 6 nitrogen and oxygen atoms in total. The molecule has 1 atom stereocenters. The standard InChI is InChI=1S/C24H41N5O.HI/c1-25-24(26-14-4-7-15-28-16-8-9-17-28)27-20-23(29-18-5-3-6-19-29)21-10-12-22(30-2)13-11-21;/h10-13,23H,3-9,14-20H2,1-2H3,(H2,25,26,27);1H. The second-order valence-electron chi connectivity index (χ2n) is 8.52. The molecule has 1 aromatic rings. The topological polar surface area (TPSA) is 52.1 Å². The van der Waals surface area contributed by atoms with Crippen molar-refractivity contribution in [1.29, 1.82) is 0 Å². The maximum atomic E-state index is 5.35. The van der Waals surface area contributed by atoms with E-state index in [4.69, 9.17) is 4.74 Å². The highest BCUT2D eigenvalue weighted by Crippen LogP contribution is 2.25. The zero-order valence-corrected chi connectivity index (χ0v) is 21.8. The van der Waals surface area contributed by atoms with Gasteiger partial charge in [-0.25, -0.2) is 0 Å². The van der Waals surface area contributed by atoms with Gasteiger partial charge in [0.2, 0.25) is 0 Å². The average molecular weight is 544 g/mol. The number of benzene rings is 1. The molecule has 0 saturated carbocycles. The van der Waals surface area contributed by atoms with E-state index in [0.29, 0.717) is 6.04 Å². The van der Waals surface area contributed by atoms with E-state index in [1.807, 2.05) is 7.05 Å². The molecule has 2 N–H and O–H groups in total. The van der Waals surface area contributed by atoms with Crippen LogP contribution in [0.4, 0.5) is 0 Å². The Hall–Kier alpha value is -1.06. The number of piperidine rings is 1. The van der Waals surface area contributed by atoms with Gasteiger partial charge in [-0.3, -0.25) is 9.89 Å². The van der Waals surface area contributed by atoms with E-state index in [9.17, 15) is 0 Å². The van der Waals surface area contributed by atoms with Crippen LogP contribution < -0.4 is 15.4 Å². The lowest BCUT2D eigenvalue weighted by Crippen LogP contribution is -2.44. The van der Waals surface area contributed by atoms with Crippen molar-refractivity contribution in [3.63, 3.8) is 0 Å². The molecule has 0 radical (unpaired) electrons. The van der Waals surface area contributed by atoms with E-state index in [1.54, 1.807) is 7.11 Å². The number of nitrogens with zero attached hydrogens (tertiary/aromatic N) is 3. The van der Waals surface area contributed by atoms with Gasteiger partial charge < -0.3 is 20.3 Å². The van der Waals surface area contributed by atoms with Crippen molar-refractivity contribution in [3.8, 4) is 5.75 Å². The Morgan fingerprint density at radius 3 is 2.29 bits per heavy atom. The number of unbranched alkanes of at least 4 members (excludes halogenated alkanes) is 1. The number of nitrogens with one attached hydrogen (secondary N) is 2. The van der Waals surface area contributed by atoms with Gasteiger partial charge in [-0.2, -0.15) is 0 Å². The summed E-state index contributed by atoms with van der Waals surface area (Å²) in [6, 6.07) is 8.90. The first-order chi connectivity index (χ1) is 14.8.